The summed E-state index contributed by atoms with van der Waals surface area (Å²) in [5, 5.41) is 3.32. The summed E-state index contributed by atoms with van der Waals surface area (Å²) in [5.74, 6) is 0.660. The van der Waals surface area contributed by atoms with Crippen LogP contribution in [0.3, 0.4) is 0 Å². The van der Waals surface area contributed by atoms with Gasteiger partial charge < -0.3 is 14.8 Å². The molecule has 0 radical (unpaired) electrons. The van der Waals surface area contributed by atoms with Crippen molar-refractivity contribution in [3.63, 3.8) is 0 Å². The molecule has 19 heavy (non-hydrogen) atoms. The normalized spacial score (nSPS) is 11.6. The number of aromatic nitrogens is 1. The first-order valence-electron chi connectivity index (χ1n) is 6.94. The van der Waals surface area contributed by atoms with E-state index >= 15 is 0 Å². The highest BCUT2D eigenvalue weighted by Gasteiger charge is 2.09. The van der Waals surface area contributed by atoms with E-state index in [2.05, 4.69) is 17.2 Å². The van der Waals surface area contributed by atoms with Crippen molar-refractivity contribution in [3.05, 3.63) is 23.9 Å². The highest BCUT2D eigenvalue weighted by atomic mass is 16.5. The largest absolute Gasteiger partial charge is 0.475 e. The molecule has 0 aliphatic heterocycles. The Hall–Kier alpha value is -1.13. The van der Waals surface area contributed by atoms with Crippen molar-refractivity contribution in [2.24, 2.45) is 0 Å². The molecule has 0 unspecified atom stereocenters. The van der Waals surface area contributed by atoms with Crippen LogP contribution in [0.1, 0.15) is 39.8 Å². The van der Waals surface area contributed by atoms with Crippen LogP contribution in [0.5, 0.6) is 5.88 Å². The highest BCUT2D eigenvalue weighted by Crippen LogP contribution is 2.09. The van der Waals surface area contributed by atoms with Gasteiger partial charge in [-0.15, -0.1) is 0 Å². The van der Waals surface area contributed by atoms with Crippen molar-refractivity contribution in [2.75, 3.05) is 19.8 Å². The van der Waals surface area contributed by atoms with Crippen LogP contribution in [0.25, 0.3) is 0 Å². The van der Waals surface area contributed by atoms with Crippen molar-refractivity contribution in [1.82, 2.24) is 10.3 Å². The molecule has 0 aliphatic carbocycles. The van der Waals surface area contributed by atoms with Gasteiger partial charge in [0.15, 0.2) is 0 Å². The Balaban J connectivity index is 2.31. The molecule has 0 aliphatic rings. The third-order valence-corrected chi connectivity index (χ3v) is 2.38. The van der Waals surface area contributed by atoms with E-state index in [1.54, 1.807) is 0 Å². The van der Waals surface area contributed by atoms with Gasteiger partial charge in [-0.05, 0) is 39.8 Å². The molecule has 4 nitrogen and oxygen atoms in total. The van der Waals surface area contributed by atoms with Crippen LogP contribution >= 0.6 is 0 Å². The van der Waals surface area contributed by atoms with Gasteiger partial charge in [0, 0.05) is 12.6 Å². The smallest absolute Gasteiger partial charge is 0.213 e. The second-order valence-electron chi connectivity index (χ2n) is 5.45. The number of hydrogen-bond donors (Lipinski definition) is 1. The molecule has 0 aromatic carbocycles. The average molecular weight is 266 g/mol. The third kappa shape index (κ3) is 7.80. The van der Waals surface area contributed by atoms with E-state index in [0.29, 0.717) is 19.1 Å². The molecule has 0 spiro atoms. The summed E-state index contributed by atoms with van der Waals surface area (Å²) in [6, 6.07) is 5.84. The Kier molecular flexibility index (Phi) is 6.81. The Morgan fingerprint density at radius 1 is 1.21 bits per heavy atom. The molecular formula is C15H26N2O2. The van der Waals surface area contributed by atoms with E-state index in [9.17, 15) is 0 Å². The molecule has 0 atom stereocenters. The molecule has 1 rings (SSSR count). The molecule has 1 heterocycles. The van der Waals surface area contributed by atoms with Gasteiger partial charge in [-0.3, -0.25) is 0 Å². The maximum atomic E-state index is 5.60. The number of nitrogens with zero attached hydrogens (tertiary/aromatic N) is 1. The van der Waals surface area contributed by atoms with Gasteiger partial charge in [0.05, 0.1) is 17.9 Å². The predicted octanol–water partition coefficient (Wildman–Crippen LogP) is 2.78. The minimum Gasteiger partial charge on any atom is -0.475 e. The van der Waals surface area contributed by atoms with E-state index in [1.165, 1.54) is 0 Å². The van der Waals surface area contributed by atoms with Crippen molar-refractivity contribution < 1.29 is 9.47 Å². The van der Waals surface area contributed by atoms with Gasteiger partial charge >= 0.3 is 0 Å². The fraction of sp³-hybridized carbons (Fsp3) is 0.667. The second kappa shape index (κ2) is 8.12. The number of rotatable bonds is 8. The summed E-state index contributed by atoms with van der Waals surface area (Å²) in [4.78, 5) is 4.44. The molecule has 0 bridgehead atoms. The fourth-order valence-electron chi connectivity index (χ4n) is 1.52. The molecule has 1 N–H and O–H groups in total. The topological polar surface area (TPSA) is 43.4 Å². The first kappa shape index (κ1) is 15.9. The lowest BCUT2D eigenvalue weighted by atomic mass is 10.2. The maximum Gasteiger partial charge on any atom is 0.213 e. The zero-order valence-electron chi connectivity index (χ0n) is 12.5. The number of nitrogens with one attached hydrogen (secondary N) is 1. The van der Waals surface area contributed by atoms with Gasteiger partial charge in [0.25, 0.3) is 0 Å². The summed E-state index contributed by atoms with van der Waals surface area (Å²) >= 11 is 0. The lowest BCUT2D eigenvalue weighted by Gasteiger charge is -2.19. The minimum absolute atomic E-state index is 0.122. The van der Waals surface area contributed by atoms with Gasteiger partial charge in [0.2, 0.25) is 5.88 Å². The zero-order valence-corrected chi connectivity index (χ0v) is 12.5. The van der Waals surface area contributed by atoms with Crippen LogP contribution in [-0.4, -0.2) is 30.3 Å². The monoisotopic (exact) mass is 266 g/mol. The first-order chi connectivity index (χ1) is 9.01. The van der Waals surface area contributed by atoms with Crippen molar-refractivity contribution >= 4 is 0 Å². The van der Waals surface area contributed by atoms with E-state index in [1.807, 2.05) is 39.0 Å². The zero-order chi connectivity index (χ0) is 14.1. The molecule has 0 saturated carbocycles. The van der Waals surface area contributed by atoms with E-state index in [-0.39, 0.29) is 5.60 Å². The molecular weight excluding hydrogens is 240 g/mol. The Morgan fingerprint density at radius 3 is 2.68 bits per heavy atom. The Bertz CT molecular complexity index is 361. The van der Waals surface area contributed by atoms with Gasteiger partial charge in [-0.25, -0.2) is 4.98 Å². The van der Waals surface area contributed by atoms with Gasteiger partial charge in [0.1, 0.15) is 6.61 Å². The van der Waals surface area contributed by atoms with E-state index in [4.69, 9.17) is 9.47 Å². The fourth-order valence-corrected chi connectivity index (χ4v) is 1.52. The number of ether oxygens (including phenoxy) is 2. The van der Waals surface area contributed by atoms with Gasteiger partial charge in [-0.2, -0.15) is 0 Å². The Labute approximate surface area is 116 Å². The number of hydrogen-bond acceptors (Lipinski definition) is 4. The molecule has 0 saturated heterocycles. The summed E-state index contributed by atoms with van der Waals surface area (Å²) in [5.41, 5.74) is 0.880. The van der Waals surface area contributed by atoms with Crippen LogP contribution < -0.4 is 10.1 Å². The summed E-state index contributed by atoms with van der Waals surface area (Å²) in [7, 11) is 0. The highest BCUT2D eigenvalue weighted by molar-refractivity contribution is 5.15. The Morgan fingerprint density at radius 2 is 2.00 bits per heavy atom. The molecule has 1 aromatic rings. The lowest BCUT2D eigenvalue weighted by Crippen LogP contribution is -2.22. The molecule has 4 heteroatoms. The van der Waals surface area contributed by atoms with Crippen LogP contribution in [0.15, 0.2) is 18.2 Å². The second-order valence-corrected chi connectivity index (χ2v) is 5.45. The minimum atomic E-state index is -0.122. The average Bonchev–Trinajstić information content (AvgIpc) is 2.35. The summed E-state index contributed by atoms with van der Waals surface area (Å²) < 4.78 is 11.2. The number of pyridine rings is 1. The predicted molar refractivity (Wildman–Crippen MR) is 77.4 cm³/mol. The van der Waals surface area contributed by atoms with E-state index < -0.39 is 0 Å². The molecule has 108 valence electrons. The first-order valence-corrected chi connectivity index (χ1v) is 6.94. The van der Waals surface area contributed by atoms with Crippen molar-refractivity contribution in [2.45, 2.75) is 46.3 Å². The maximum absolute atomic E-state index is 5.60. The quantitative estimate of drug-likeness (QED) is 0.735. The molecule has 0 fully saturated rings. The van der Waals surface area contributed by atoms with Crippen LogP contribution in [0, 0.1) is 0 Å². The molecule has 1 aromatic heterocycles. The summed E-state index contributed by atoms with van der Waals surface area (Å²) in [6.07, 6.45) is 1.13. The standard InChI is InChI=1S/C15H26N2O2/c1-5-9-16-12-13-7-6-8-14(17-13)18-10-11-19-15(2,3)4/h6-8,16H,5,9-12H2,1-4H3. The SMILES string of the molecule is CCCNCc1cccc(OCCOC(C)(C)C)n1. The van der Waals surface area contributed by atoms with Crippen molar-refractivity contribution in [3.8, 4) is 5.88 Å². The van der Waals surface area contributed by atoms with Crippen LogP contribution in [0.2, 0.25) is 0 Å². The van der Waals surface area contributed by atoms with Crippen LogP contribution in [0.4, 0.5) is 0 Å². The van der Waals surface area contributed by atoms with Crippen LogP contribution in [-0.2, 0) is 11.3 Å². The lowest BCUT2D eigenvalue weighted by molar-refractivity contribution is -0.0168. The van der Waals surface area contributed by atoms with Gasteiger partial charge in [-0.1, -0.05) is 13.0 Å². The van der Waals surface area contributed by atoms with Crippen molar-refractivity contribution in [1.29, 1.82) is 0 Å². The third-order valence-electron chi connectivity index (χ3n) is 2.38. The van der Waals surface area contributed by atoms with E-state index in [0.717, 1.165) is 25.2 Å². The molecule has 0 amide bonds. The summed E-state index contributed by atoms with van der Waals surface area (Å²) in [6.45, 7) is 11.1.